The third-order valence-corrected chi connectivity index (χ3v) is 4.53. The van der Waals surface area contributed by atoms with Crippen LogP contribution >= 0.6 is 11.6 Å². The smallest absolute Gasteiger partial charge is 0.407 e. The molecule has 0 aromatic carbocycles. The van der Waals surface area contributed by atoms with Gasteiger partial charge in [-0.3, -0.25) is 0 Å². The molecule has 3 rings (SSSR count). The lowest BCUT2D eigenvalue weighted by Gasteiger charge is -2.30. The lowest BCUT2D eigenvalue weighted by Crippen LogP contribution is -2.41. The van der Waals surface area contributed by atoms with Gasteiger partial charge in [-0.2, -0.15) is 10.1 Å². The molecular weight excluding hydrogens is 342 g/mol. The number of hydrogen-bond acceptors (Lipinski definition) is 5. The number of carbonyl (C=O) groups is 1. The number of rotatable bonds is 3. The second-order valence-electron chi connectivity index (χ2n) is 7.61. The van der Waals surface area contributed by atoms with Crippen LogP contribution in [-0.2, 0) is 11.3 Å². The summed E-state index contributed by atoms with van der Waals surface area (Å²) in [6, 6.07) is 0.178. The number of fused-ring (bicyclic) bond motifs is 1. The van der Waals surface area contributed by atoms with E-state index in [4.69, 9.17) is 16.3 Å². The molecule has 0 atom stereocenters. The average molecular weight is 366 g/mol. The van der Waals surface area contributed by atoms with Crippen LogP contribution in [0.5, 0.6) is 0 Å². The molecule has 0 radical (unpaired) electrons. The van der Waals surface area contributed by atoms with E-state index < -0.39 is 5.60 Å². The van der Waals surface area contributed by atoms with E-state index in [1.807, 2.05) is 25.5 Å². The van der Waals surface area contributed by atoms with E-state index in [1.54, 1.807) is 12.4 Å². The van der Waals surface area contributed by atoms with Crippen LogP contribution in [0.2, 0.25) is 5.28 Å². The maximum absolute atomic E-state index is 11.9. The summed E-state index contributed by atoms with van der Waals surface area (Å²) in [7, 11) is 0. The lowest BCUT2D eigenvalue weighted by atomic mass is 9.86. The Morgan fingerprint density at radius 3 is 2.72 bits per heavy atom. The lowest BCUT2D eigenvalue weighted by molar-refractivity contribution is 0.0486. The summed E-state index contributed by atoms with van der Waals surface area (Å²) in [6.07, 6.45) is 7.07. The van der Waals surface area contributed by atoms with Crippen LogP contribution in [0.3, 0.4) is 0 Å². The molecule has 2 aromatic rings. The van der Waals surface area contributed by atoms with Gasteiger partial charge in [0.25, 0.3) is 0 Å². The van der Waals surface area contributed by atoms with Gasteiger partial charge >= 0.3 is 6.09 Å². The minimum absolute atomic E-state index is 0.178. The molecule has 0 saturated heterocycles. The summed E-state index contributed by atoms with van der Waals surface area (Å²) in [6.45, 7) is 6.41. The Morgan fingerprint density at radius 1 is 1.32 bits per heavy atom. The van der Waals surface area contributed by atoms with E-state index in [9.17, 15) is 4.79 Å². The van der Waals surface area contributed by atoms with Gasteiger partial charge in [0.15, 0.2) is 5.65 Å². The minimum Gasteiger partial charge on any atom is -0.444 e. The third kappa shape index (κ3) is 4.81. The Labute approximate surface area is 152 Å². The summed E-state index contributed by atoms with van der Waals surface area (Å²) >= 11 is 5.89. The Morgan fingerprint density at radius 2 is 2.04 bits per heavy atom. The molecule has 7 nitrogen and oxygen atoms in total. The molecule has 25 heavy (non-hydrogen) atoms. The van der Waals surface area contributed by atoms with E-state index in [0.717, 1.165) is 43.3 Å². The molecule has 1 aliphatic rings. The van der Waals surface area contributed by atoms with Gasteiger partial charge < -0.3 is 10.1 Å². The number of aromatic nitrogens is 4. The quantitative estimate of drug-likeness (QED) is 0.841. The maximum Gasteiger partial charge on any atom is 0.407 e. The van der Waals surface area contributed by atoms with Gasteiger partial charge in [-0.05, 0) is 64.0 Å². The normalized spacial score (nSPS) is 21.3. The van der Waals surface area contributed by atoms with Crippen LogP contribution in [0, 0.1) is 5.92 Å². The highest BCUT2D eigenvalue weighted by Gasteiger charge is 2.25. The number of alkyl carbamates (subject to hydrolysis) is 1. The van der Waals surface area contributed by atoms with Gasteiger partial charge in [-0.25, -0.2) is 14.5 Å². The molecule has 2 heterocycles. The summed E-state index contributed by atoms with van der Waals surface area (Å²) in [4.78, 5) is 20.1. The molecule has 1 N–H and O–H groups in total. The van der Waals surface area contributed by atoms with Gasteiger partial charge in [0.05, 0.1) is 11.6 Å². The number of halogens is 1. The topological polar surface area (TPSA) is 81.9 Å². The molecule has 1 saturated carbocycles. The van der Waals surface area contributed by atoms with E-state index in [-0.39, 0.29) is 17.4 Å². The number of amides is 1. The van der Waals surface area contributed by atoms with E-state index in [0.29, 0.717) is 5.92 Å². The van der Waals surface area contributed by atoms with Crippen molar-refractivity contribution in [2.45, 2.75) is 64.6 Å². The average Bonchev–Trinajstić information content (AvgIpc) is 2.89. The van der Waals surface area contributed by atoms with E-state index >= 15 is 0 Å². The van der Waals surface area contributed by atoms with Gasteiger partial charge in [-0.15, -0.1) is 0 Å². The largest absolute Gasteiger partial charge is 0.444 e. The predicted molar refractivity (Wildman–Crippen MR) is 95.4 cm³/mol. The molecular formula is C17H24ClN5O2. The van der Waals surface area contributed by atoms with Crippen molar-refractivity contribution in [2.75, 3.05) is 0 Å². The number of carbonyl (C=O) groups excluding carboxylic acids is 1. The summed E-state index contributed by atoms with van der Waals surface area (Å²) in [5.74, 6) is 0.508. The summed E-state index contributed by atoms with van der Waals surface area (Å²) in [5, 5.41) is 8.50. The van der Waals surface area contributed by atoms with Crippen molar-refractivity contribution in [1.82, 2.24) is 25.1 Å². The van der Waals surface area contributed by atoms with E-state index in [1.165, 1.54) is 0 Å². The molecule has 8 heteroatoms. The summed E-state index contributed by atoms with van der Waals surface area (Å²) in [5.41, 5.74) is 0.306. The van der Waals surface area contributed by atoms with Crippen LogP contribution in [0.1, 0.15) is 46.5 Å². The number of nitrogens with one attached hydrogen (secondary N) is 1. The summed E-state index contributed by atoms with van der Waals surface area (Å²) < 4.78 is 7.22. The fourth-order valence-corrected chi connectivity index (χ4v) is 3.32. The third-order valence-electron chi connectivity index (χ3n) is 4.35. The molecule has 1 fully saturated rings. The van der Waals surface area contributed by atoms with Gasteiger partial charge in [0, 0.05) is 18.8 Å². The van der Waals surface area contributed by atoms with Crippen molar-refractivity contribution >= 4 is 28.7 Å². The SMILES string of the molecule is CC(C)(C)OC(=O)N[C@H]1CC[C@H](Cn2ncc3cnc(Cl)nc32)CC1. The fourth-order valence-electron chi connectivity index (χ4n) is 3.19. The Kier molecular flexibility index (Phi) is 5.13. The first kappa shape index (κ1) is 17.9. The highest BCUT2D eigenvalue weighted by atomic mass is 35.5. The van der Waals surface area contributed by atoms with Crippen molar-refractivity contribution in [3.63, 3.8) is 0 Å². The standard InChI is InChI=1S/C17H24ClN5O2/c1-17(2,3)25-16(24)21-13-6-4-11(5-7-13)10-23-14-12(9-20-23)8-19-15(18)22-14/h8-9,11,13H,4-7,10H2,1-3H3,(H,21,24)/t11-,13-. The monoisotopic (exact) mass is 365 g/mol. The molecule has 136 valence electrons. The van der Waals surface area contributed by atoms with Crippen molar-refractivity contribution in [1.29, 1.82) is 0 Å². The number of nitrogens with zero attached hydrogens (tertiary/aromatic N) is 4. The molecule has 2 aromatic heterocycles. The fraction of sp³-hybridized carbons (Fsp3) is 0.647. The molecule has 0 aliphatic heterocycles. The second-order valence-corrected chi connectivity index (χ2v) is 7.95. The molecule has 1 amide bonds. The molecule has 0 spiro atoms. The maximum atomic E-state index is 11.9. The molecule has 1 aliphatic carbocycles. The predicted octanol–water partition coefficient (Wildman–Crippen LogP) is 3.56. The zero-order valence-corrected chi connectivity index (χ0v) is 15.6. The molecule has 0 bridgehead atoms. The Bertz CT molecular complexity index is 747. The Balaban J connectivity index is 1.52. The van der Waals surface area contributed by atoms with Gasteiger partial charge in [0.1, 0.15) is 5.60 Å². The van der Waals surface area contributed by atoms with Crippen molar-refractivity contribution < 1.29 is 9.53 Å². The molecule has 0 unspecified atom stereocenters. The number of ether oxygens (including phenoxy) is 1. The van der Waals surface area contributed by atoms with Gasteiger partial charge in [-0.1, -0.05) is 0 Å². The van der Waals surface area contributed by atoms with Crippen LogP contribution in [0.25, 0.3) is 11.0 Å². The minimum atomic E-state index is -0.467. The van der Waals surface area contributed by atoms with Crippen LogP contribution < -0.4 is 5.32 Å². The van der Waals surface area contributed by atoms with Crippen LogP contribution in [0.4, 0.5) is 4.79 Å². The van der Waals surface area contributed by atoms with Crippen molar-refractivity contribution in [3.8, 4) is 0 Å². The number of hydrogen-bond donors (Lipinski definition) is 1. The van der Waals surface area contributed by atoms with Crippen LogP contribution in [0.15, 0.2) is 12.4 Å². The second kappa shape index (κ2) is 7.15. The van der Waals surface area contributed by atoms with Crippen LogP contribution in [-0.4, -0.2) is 37.5 Å². The highest BCUT2D eigenvalue weighted by molar-refractivity contribution is 6.28. The van der Waals surface area contributed by atoms with Crippen molar-refractivity contribution in [2.24, 2.45) is 5.92 Å². The first-order chi connectivity index (χ1) is 11.8. The van der Waals surface area contributed by atoms with Gasteiger partial charge in [0.2, 0.25) is 5.28 Å². The van der Waals surface area contributed by atoms with Crippen molar-refractivity contribution in [3.05, 3.63) is 17.7 Å². The first-order valence-corrected chi connectivity index (χ1v) is 9.01. The zero-order chi connectivity index (χ0) is 18.0. The zero-order valence-electron chi connectivity index (χ0n) is 14.8. The Hall–Kier alpha value is -1.89. The first-order valence-electron chi connectivity index (χ1n) is 8.64. The van der Waals surface area contributed by atoms with E-state index in [2.05, 4.69) is 20.4 Å². The highest BCUT2D eigenvalue weighted by Crippen LogP contribution is 2.27.